The zero-order valence-corrected chi connectivity index (χ0v) is 9.29. The van der Waals surface area contributed by atoms with Crippen molar-refractivity contribution in [3.05, 3.63) is 23.4 Å². The van der Waals surface area contributed by atoms with E-state index in [4.69, 9.17) is 10.00 Å². The van der Waals surface area contributed by atoms with Gasteiger partial charge in [-0.25, -0.2) is 4.98 Å². The van der Waals surface area contributed by atoms with Gasteiger partial charge in [-0.2, -0.15) is 5.26 Å². The fourth-order valence-electron chi connectivity index (χ4n) is 1.30. The summed E-state index contributed by atoms with van der Waals surface area (Å²) in [7, 11) is 0. The van der Waals surface area contributed by atoms with Crippen LogP contribution < -0.4 is 4.74 Å². The fraction of sp³-hybridized carbons (Fsp3) is 0.500. The fourth-order valence-corrected chi connectivity index (χ4v) is 1.30. The lowest BCUT2D eigenvalue weighted by Gasteiger charge is -2.07. The minimum Gasteiger partial charge on any atom is -0.477 e. The van der Waals surface area contributed by atoms with E-state index in [-0.39, 0.29) is 0 Å². The van der Waals surface area contributed by atoms with E-state index in [1.165, 1.54) is 0 Å². The summed E-state index contributed by atoms with van der Waals surface area (Å²) in [6.45, 7) is 4.67. The molecular weight excluding hydrogens is 188 g/mol. The molecule has 0 unspecified atom stereocenters. The molecule has 0 fully saturated rings. The molecule has 0 bridgehead atoms. The van der Waals surface area contributed by atoms with Gasteiger partial charge < -0.3 is 4.74 Å². The van der Waals surface area contributed by atoms with Crippen molar-refractivity contribution in [3.63, 3.8) is 0 Å². The maximum atomic E-state index is 8.93. The topological polar surface area (TPSA) is 45.9 Å². The van der Waals surface area contributed by atoms with Gasteiger partial charge in [0.25, 0.3) is 0 Å². The monoisotopic (exact) mass is 204 g/mol. The number of nitrogens with zero attached hydrogens (tertiary/aromatic N) is 2. The molecule has 0 saturated carbocycles. The molecular formula is C12H16N2O. The van der Waals surface area contributed by atoms with Crippen molar-refractivity contribution in [2.75, 3.05) is 6.61 Å². The van der Waals surface area contributed by atoms with E-state index < -0.39 is 0 Å². The van der Waals surface area contributed by atoms with E-state index >= 15 is 0 Å². The molecule has 3 heteroatoms. The van der Waals surface area contributed by atoms with E-state index in [1.54, 1.807) is 6.20 Å². The van der Waals surface area contributed by atoms with Gasteiger partial charge in [-0.05, 0) is 25.0 Å². The number of unbranched alkanes of at least 4 members (excludes halogenated alkanes) is 2. The van der Waals surface area contributed by atoms with Crippen molar-refractivity contribution in [2.45, 2.75) is 33.1 Å². The molecule has 0 aliphatic carbocycles. The van der Waals surface area contributed by atoms with Gasteiger partial charge in [-0.15, -0.1) is 0 Å². The van der Waals surface area contributed by atoms with Crippen LogP contribution in [0.2, 0.25) is 0 Å². The Morgan fingerprint density at radius 1 is 1.47 bits per heavy atom. The summed E-state index contributed by atoms with van der Waals surface area (Å²) in [5.74, 6) is 0.466. The number of rotatable bonds is 5. The second kappa shape index (κ2) is 6.02. The van der Waals surface area contributed by atoms with Gasteiger partial charge in [0.05, 0.1) is 6.61 Å². The Balaban J connectivity index is 2.61. The number of nitriles is 1. The van der Waals surface area contributed by atoms with Crippen molar-refractivity contribution in [1.82, 2.24) is 4.98 Å². The van der Waals surface area contributed by atoms with Gasteiger partial charge in [0, 0.05) is 6.20 Å². The van der Waals surface area contributed by atoms with Gasteiger partial charge in [-0.1, -0.05) is 19.8 Å². The summed E-state index contributed by atoms with van der Waals surface area (Å²) in [6, 6.07) is 3.93. The van der Waals surface area contributed by atoms with E-state index in [0.29, 0.717) is 18.1 Å². The van der Waals surface area contributed by atoms with Crippen LogP contribution in [0.3, 0.4) is 0 Å². The second-order valence-electron chi connectivity index (χ2n) is 3.48. The standard InChI is InChI=1S/C12H16N2O/c1-3-4-5-8-15-12-11(9-13)10(2)6-7-14-12/h6-7H,3-5,8H2,1-2H3. The van der Waals surface area contributed by atoms with Crippen molar-refractivity contribution in [1.29, 1.82) is 5.26 Å². The summed E-state index contributed by atoms with van der Waals surface area (Å²) in [6.07, 6.45) is 4.99. The van der Waals surface area contributed by atoms with Crippen molar-refractivity contribution >= 4 is 0 Å². The molecule has 3 nitrogen and oxygen atoms in total. The minimum absolute atomic E-state index is 0.466. The Kier molecular flexibility index (Phi) is 4.62. The Bertz CT molecular complexity index is 355. The van der Waals surface area contributed by atoms with Crippen LogP contribution >= 0.6 is 0 Å². The molecule has 15 heavy (non-hydrogen) atoms. The van der Waals surface area contributed by atoms with Crippen LogP contribution in [0.25, 0.3) is 0 Å². The Morgan fingerprint density at radius 2 is 2.27 bits per heavy atom. The average Bonchev–Trinajstić information content (AvgIpc) is 2.24. The molecule has 0 amide bonds. The van der Waals surface area contributed by atoms with Crippen molar-refractivity contribution < 1.29 is 4.74 Å². The zero-order chi connectivity index (χ0) is 11.1. The number of aromatic nitrogens is 1. The molecule has 80 valence electrons. The van der Waals surface area contributed by atoms with Gasteiger partial charge in [0.15, 0.2) is 0 Å². The SMILES string of the molecule is CCCCCOc1nccc(C)c1C#N. The van der Waals surface area contributed by atoms with E-state index in [0.717, 1.165) is 24.8 Å². The average molecular weight is 204 g/mol. The maximum Gasteiger partial charge on any atom is 0.231 e. The third-order valence-electron chi connectivity index (χ3n) is 2.22. The molecule has 0 spiro atoms. The van der Waals surface area contributed by atoms with Crippen LogP contribution in [0, 0.1) is 18.3 Å². The summed E-state index contributed by atoms with van der Waals surface area (Å²) in [4.78, 5) is 4.06. The summed E-state index contributed by atoms with van der Waals surface area (Å²) in [5.41, 5.74) is 1.46. The van der Waals surface area contributed by atoms with Gasteiger partial charge in [-0.3, -0.25) is 0 Å². The highest BCUT2D eigenvalue weighted by Gasteiger charge is 2.06. The first-order valence-corrected chi connectivity index (χ1v) is 5.28. The lowest BCUT2D eigenvalue weighted by molar-refractivity contribution is 0.294. The van der Waals surface area contributed by atoms with Crippen molar-refractivity contribution in [2.24, 2.45) is 0 Å². The van der Waals surface area contributed by atoms with Gasteiger partial charge >= 0.3 is 0 Å². The highest BCUT2D eigenvalue weighted by Crippen LogP contribution is 2.17. The van der Waals surface area contributed by atoms with E-state index in [9.17, 15) is 0 Å². The first-order chi connectivity index (χ1) is 7.29. The zero-order valence-electron chi connectivity index (χ0n) is 9.29. The van der Waals surface area contributed by atoms with E-state index in [2.05, 4.69) is 18.0 Å². The Hall–Kier alpha value is -1.56. The summed E-state index contributed by atoms with van der Waals surface area (Å²) >= 11 is 0. The van der Waals surface area contributed by atoms with Crippen LogP contribution in [0.1, 0.15) is 37.3 Å². The second-order valence-corrected chi connectivity index (χ2v) is 3.48. The van der Waals surface area contributed by atoms with Crippen LogP contribution in [0.5, 0.6) is 5.88 Å². The normalized spacial score (nSPS) is 9.67. The number of pyridine rings is 1. The molecule has 0 saturated heterocycles. The molecule has 1 heterocycles. The van der Waals surface area contributed by atoms with Gasteiger partial charge in [0.1, 0.15) is 11.6 Å². The molecule has 0 aromatic carbocycles. The van der Waals surface area contributed by atoms with Crippen LogP contribution in [-0.2, 0) is 0 Å². The molecule has 1 rings (SSSR count). The molecule has 0 aliphatic heterocycles. The molecule has 0 aliphatic rings. The molecule has 0 radical (unpaired) electrons. The predicted molar refractivity (Wildman–Crippen MR) is 58.7 cm³/mol. The van der Waals surface area contributed by atoms with Crippen LogP contribution in [-0.4, -0.2) is 11.6 Å². The summed E-state index contributed by atoms with van der Waals surface area (Å²) < 4.78 is 5.48. The first kappa shape index (κ1) is 11.5. The molecule has 0 atom stereocenters. The maximum absolute atomic E-state index is 8.93. The molecule has 1 aromatic heterocycles. The van der Waals surface area contributed by atoms with E-state index in [1.807, 2.05) is 13.0 Å². The van der Waals surface area contributed by atoms with Crippen molar-refractivity contribution in [3.8, 4) is 11.9 Å². The van der Waals surface area contributed by atoms with Crippen LogP contribution in [0.15, 0.2) is 12.3 Å². The highest BCUT2D eigenvalue weighted by atomic mass is 16.5. The number of hydrogen-bond donors (Lipinski definition) is 0. The lowest BCUT2D eigenvalue weighted by Crippen LogP contribution is -2.01. The largest absolute Gasteiger partial charge is 0.477 e. The third kappa shape index (κ3) is 3.25. The number of aryl methyl sites for hydroxylation is 1. The first-order valence-electron chi connectivity index (χ1n) is 5.28. The Morgan fingerprint density at radius 3 is 2.93 bits per heavy atom. The van der Waals surface area contributed by atoms with Gasteiger partial charge in [0.2, 0.25) is 5.88 Å². The molecule has 0 N–H and O–H groups in total. The third-order valence-corrected chi connectivity index (χ3v) is 2.22. The smallest absolute Gasteiger partial charge is 0.231 e. The minimum atomic E-state index is 0.466. The molecule has 1 aromatic rings. The van der Waals surface area contributed by atoms with Crippen LogP contribution in [0.4, 0.5) is 0 Å². The Labute approximate surface area is 90.7 Å². The predicted octanol–water partition coefficient (Wildman–Crippen LogP) is 2.83. The lowest BCUT2D eigenvalue weighted by atomic mass is 10.2. The summed E-state index contributed by atoms with van der Waals surface area (Å²) in [5, 5.41) is 8.93. The quantitative estimate of drug-likeness (QED) is 0.693. The number of ether oxygens (including phenoxy) is 1. The highest BCUT2D eigenvalue weighted by molar-refractivity contribution is 5.43. The number of hydrogen-bond acceptors (Lipinski definition) is 3.